The van der Waals surface area contributed by atoms with Crippen molar-refractivity contribution in [1.82, 2.24) is 9.88 Å². The molecule has 4 rings (SSSR count). The molecular formula is C24H21N3O2. The van der Waals surface area contributed by atoms with Crippen LogP contribution in [0, 0.1) is 0 Å². The number of benzene rings is 3. The van der Waals surface area contributed by atoms with Gasteiger partial charge in [0, 0.05) is 35.8 Å². The molecule has 0 saturated carbocycles. The second-order valence-corrected chi connectivity index (χ2v) is 6.92. The molecule has 29 heavy (non-hydrogen) atoms. The average Bonchev–Trinajstić information content (AvgIpc) is 3.11. The number of aromatic nitrogens is 1. The van der Waals surface area contributed by atoms with Gasteiger partial charge in [0.25, 0.3) is 5.91 Å². The van der Waals surface area contributed by atoms with E-state index in [1.165, 1.54) is 5.56 Å². The van der Waals surface area contributed by atoms with E-state index in [4.69, 9.17) is 5.73 Å². The number of amides is 2. The summed E-state index contributed by atoms with van der Waals surface area (Å²) in [6.45, 7) is 1.01. The molecule has 144 valence electrons. The fourth-order valence-electron chi connectivity index (χ4n) is 3.45. The molecule has 0 aliphatic heterocycles. The summed E-state index contributed by atoms with van der Waals surface area (Å²) in [7, 11) is 0. The first kappa shape index (κ1) is 18.5. The molecule has 3 N–H and O–H groups in total. The first-order valence-electron chi connectivity index (χ1n) is 9.40. The Labute approximate surface area is 168 Å². The van der Waals surface area contributed by atoms with Crippen LogP contribution < -0.4 is 11.1 Å². The van der Waals surface area contributed by atoms with Gasteiger partial charge in [-0.2, -0.15) is 0 Å². The number of carbonyl (C=O) groups excluding carboxylic acids is 2. The Morgan fingerprint density at radius 2 is 1.59 bits per heavy atom. The lowest BCUT2D eigenvalue weighted by Gasteiger charge is -2.06. The van der Waals surface area contributed by atoms with E-state index in [2.05, 4.69) is 22.0 Å². The van der Waals surface area contributed by atoms with Crippen molar-refractivity contribution in [2.24, 2.45) is 5.73 Å². The molecule has 1 aromatic heterocycles. The summed E-state index contributed by atoms with van der Waals surface area (Å²) in [4.78, 5) is 24.2. The van der Waals surface area contributed by atoms with E-state index in [1.807, 2.05) is 54.7 Å². The van der Waals surface area contributed by atoms with Crippen molar-refractivity contribution < 1.29 is 9.59 Å². The third-order valence-electron chi connectivity index (χ3n) is 4.89. The number of nitrogens with two attached hydrogens (primary N) is 1. The zero-order chi connectivity index (χ0) is 20.2. The molecule has 0 aliphatic carbocycles. The van der Waals surface area contributed by atoms with Crippen LogP contribution in [0.4, 0.5) is 0 Å². The minimum absolute atomic E-state index is 0.155. The van der Waals surface area contributed by atoms with E-state index < -0.39 is 5.91 Å². The molecular weight excluding hydrogens is 362 g/mol. The number of hydrogen-bond donors (Lipinski definition) is 2. The number of hydrogen-bond acceptors (Lipinski definition) is 2. The van der Waals surface area contributed by atoms with Gasteiger partial charge in [0.1, 0.15) is 0 Å². The maximum atomic E-state index is 12.9. The Bertz CT molecular complexity index is 1180. The molecule has 0 bridgehead atoms. The normalized spacial score (nSPS) is 10.8. The van der Waals surface area contributed by atoms with Crippen molar-refractivity contribution in [3.63, 3.8) is 0 Å². The van der Waals surface area contributed by atoms with Crippen molar-refractivity contribution in [3.05, 3.63) is 107 Å². The third-order valence-corrected chi connectivity index (χ3v) is 4.89. The Kier molecular flexibility index (Phi) is 5.12. The summed E-state index contributed by atoms with van der Waals surface area (Å²) in [6.07, 6.45) is 1.90. The summed E-state index contributed by atoms with van der Waals surface area (Å²) < 4.78 is 2.09. The maximum Gasteiger partial charge on any atom is 0.253 e. The van der Waals surface area contributed by atoms with Gasteiger partial charge in [-0.25, -0.2) is 0 Å². The molecule has 0 spiro atoms. The molecule has 0 aliphatic rings. The molecule has 1 heterocycles. The lowest BCUT2D eigenvalue weighted by Crippen LogP contribution is -2.23. The van der Waals surface area contributed by atoms with Crippen LogP contribution in [0.3, 0.4) is 0 Å². The van der Waals surface area contributed by atoms with Gasteiger partial charge in [-0.15, -0.1) is 0 Å². The highest BCUT2D eigenvalue weighted by molar-refractivity contribution is 6.07. The van der Waals surface area contributed by atoms with Crippen molar-refractivity contribution in [2.45, 2.75) is 13.1 Å². The van der Waals surface area contributed by atoms with Crippen LogP contribution in [0.1, 0.15) is 31.8 Å². The van der Waals surface area contributed by atoms with Crippen molar-refractivity contribution in [1.29, 1.82) is 0 Å². The van der Waals surface area contributed by atoms with Crippen LogP contribution in [0.2, 0.25) is 0 Å². The minimum atomic E-state index is -0.484. The van der Waals surface area contributed by atoms with Gasteiger partial charge in [0.2, 0.25) is 5.91 Å². The first-order chi connectivity index (χ1) is 14.1. The van der Waals surface area contributed by atoms with Gasteiger partial charge >= 0.3 is 0 Å². The number of fused-ring (bicyclic) bond motifs is 1. The van der Waals surface area contributed by atoms with Crippen molar-refractivity contribution in [3.8, 4) is 0 Å². The van der Waals surface area contributed by atoms with Crippen LogP contribution >= 0.6 is 0 Å². The zero-order valence-electron chi connectivity index (χ0n) is 15.8. The first-order valence-corrected chi connectivity index (χ1v) is 9.40. The van der Waals surface area contributed by atoms with E-state index in [0.717, 1.165) is 16.5 Å². The molecule has 0 saturated heterocycles. The highest BCUT2D eigenvalue weighted by Gasteiger charge is 2.15. The summed E-state index contributed by atoms with van der Waals surface area (Å²) in [5.41, 5.74) is 9.39. The van der Waals surface area contributed by atoms with Crippen molar-refractivity contribution >= 4 is 22.7 Å². The molecule has 5 nitrogen and oxygen atoms in total. The SMILES string of the molecule is NC(=O)c1cccc(CNC(=O)c2cn(Cc3ccccc3)c3ccccc23)c1. The molecule has 2 amide bonds. The van der Waals surface area contributed by atoms with Crippen LogP contribution in [-0.4, -0.2) is 16.4 Å². The monoisotopic (exact) mass is 383 g/mol. The lowest BCUT2D eigenvalue weighted by atomic mass is 10.1. The summed E-state index contributed by atoms with van der Waals surface area (Å²) in [5.74, 6) is -0.639. The van der Waals surface area contributed by atoms with E-state index in [9.17, 15) is 9.59 Å². The smallest absolute Gasteiger partial charge is 0.253 e. The van der Waals surface area contributed by atoms with Gasteiger partial charge in [-0.1, -0.05) is 60.7 Å². The van der Waals surface area contributed by atoms with E-state index in [0.29, 0.717) is 24.2 Å². The quantitative estimate of drug-likeness (QED) is 0.532. The standard InChI is InChI=1S/C24H21N3O2/c25-23(28)19-10-6-9-18(13-19)14-26-24(29)21-16-27(15-17-7-2-1-3-8-17)22-12-5-4-11-20(21)22/h1-13,16H,14-15H2,(H2,25,28)(H,26,29). The molecule has 3 aromatic carbocycles. The molecule has 0 fully saturated rings. The highest BCUT2D eigenvalue weighted by Crippen LogP contribution is 2.22. The van der Waals surface area contributed by atoms with Gasteiger partial charge in [0.05, 0.1) is 5.56 Å². The second-order valence-electron chi connectivity index (χ2n) is 6.92. The third kappa shape index (κ3) is 4.04. The highest BCUT2D eigenvalue weighted by atomic mass is 16.2. The fourth-order valence-corrected chi connectivity index (χ4v) is 3.45. The van der Waals surface area contributed by atoms with Crippen LogP contribution in [0.15, 0.2) is 85.1 Å². The average molecular weight is 383 g/mol. The molecule has 4 aromatic rings. The van der Waals surface area contributed by atoms with Gasteiger partial charge in [0.15, 0.2) is 0 Å². The molecule has 5 heteroatoms. The summed E-state index contributed by atoms with van der Waals surface area (Å²) in [5, 5.41) is 3.86. The van der Waals surface area contributed by atoms with Crippen molar-refractivity contribution in [2.75, 3.05) is 0 Å². The number of nitrogens with one attached hydrogen (secondary N) is 1. The number of primary amides is 1. The second kappa shape index (κ2) is 8.02. The topological polar surface area (TPSA) is 77.1 Å². The zero-order valence-corrected chi connectivity index (χ0v) is 15.8. The number of carbonyl (C=O) groups is 2. The summed E-state index contributed by atoms with van der Waals surface area (Å²) >= 11 is 0. The summed E-state index contributed by atoms with van der Waals surface area (Å²) in [6, 6.07) is 25.0. The van der Waals surface area contributed by atoms with Gasteiger partial charge in [-0.05, 0) is 29.3 Å². The predicted molar refractivity (Wildman–Crippen MR) is 114 cm³/mol. The van der Waals surface area contributed by atoms with Gasteiger partial charge < -0.3 is 15.6 Å². The van der Waals surface area contributed by atoms with Gasteiger partial charge in [-0.3, -0.25) is 9.59 Å². The number of rotatable bonds is 6. The van der Waals surface area contributed by atoms with E-state index in [1.54, 1.807) is 18.2 Å². The molecule has 0 atom stereocenters. The molecule has 0 radical (unpaired) electrons. The van der Waals surface area contributed by atoms with Crippen LogP contribution in [0.5, 0.6) is 0 Å². The predicted octanol–water partition coefficient (Wildman–Crippen LogP) is 3.72. The van der Waals surface area contributed by atoms with Crippen LogP contribution in [0.25, 0.3) is 10.9 Å². The largest absolute Gasteiger partial charge is 0.366 e. The lowest BCUT2D eigenvalue weighted by molar-refractivity contribution is 0.0951. The van der Waals surface area contributed by atoms with E-state index >= 15 is 0 Å². The fraction of sp³-hybridized carbons (Fsp3) is 0.0833. The number of para-hydroxylation sites is 1. The van der Waals surface area contributed by atoms with Crippen LogP contribution in [-0.2, 0) is 13.1 Å². The Morgan fingerprint density at radius 1 is 0.862 bits per heavy atom. The minimum Gasteiger partial charge on any atom is -0.366 e. The number of nitrogens with zero attached hydrogens (tertiary/aromatic N) is 1. The molecule has 0 unspecified atom stereocenters. The maximum absolute atomic E-state index is 12.9. The Balaban J connectivity index is 1.58. The van der Waals surface area contributed by atoms with E-state index in [-0.39, 0.29) is 5.91 Å². The Hall–Kier alpha value is -3.86. The Morgan fingerprint density at radius 3 is 2.38 bits per heavy atom.